The number of carbonyl (C=O) groups excluding carboxylic acids is 1. The highest BCUT2D eigenvalue weighted by molar-refractivity contribution is 5.78. The SMILES string of the molecule is CCOc1cc(CNc2ccc(C)cc2)ccc1OCC(=O)NC(C)(C)C. The largest absolute Gasteiger partial charge is 0.490 e. The van der Waals surface area contributed by atoms with E-state index in [4.69, 9.17) is 9.47 Å². The fraction of sp³-hybridized carbons (Fsp3) is 0.409. The molecule has 0 atom stereocenters. The van der Waals surface area contributed by atoms with E-state index in [9.17, 15) is 4.79 Å². The number of hydrogen-bond acceptors (Lipinski definition) is 4. The molecular formula is C22H30N2O3. The van der Waals surface area contributed by atoms with Gasteiger partial charge >= 0.3 is 0 Å². The number of nitrogens with one attached hydrogen (secondary N) is 2. The molecule has 2 aromatic rings. The van der Waals surface area contributed by atoms with Crippen molar-refractivity contribution in [1.29, 1.82) is 0 Å². The zero-order valence-corrected chi connectivity index (χ0v) is 16.9. The van der Waals surface area contributed by atoms with Gasteiger partial charge in [-0.05, 0) is 64.4 Å². The van der Waals surface area contributed by atoms with Crippen LogP contribution in [0.15, 0.2) is 42.5 Å². The van der Waals surface area contributed by atoms with E-state index in [1.807, 2.05) is 45.9 Å². The minimum absolute atomic E-state index is 0.0433. The molecular weight excluding hydrogens is 340 g/mol. The van der Waals surface area contributed by atoms with Crippen LogP contribution >= 0.6 is 0 Å². The van der Waals surface area contributed by atoms with E-state index in [0.29, 0.717) is 24.7 Å². The molecule has 0 saturated carbocycles. The number of anilines is 1. The molecule has 0 bridgehead atoms. The average Bonchev–Trinajstić information content (AvgIpc) is 2.59. The van der Waals surface area contributed by atoms with Gasteiger partial charge in [0.05, 0.1) is 6.61 Å². The van der Waals surface area contributed by atoms with E-state index < -0.39 is 0 Å². The van der Waals surface area contributed by atoms with Gasteiger partial charge in [-0.2, -0.15) is 0 Å². The van der Waals surface area contributed by atoms with Crippen LogP contribution in [-0.2, 0) is 11.3 Å². The predicted molar refractivity (Wildman–Crippen MR) is 110 cm³/mol. The molecule has 0 fully saturated rings. The molecule has 1 amide bonds. The highest BCUT2D eigenvalue weighted by Crippen LogP contribution is 2.29. The Kier molecular flexibility index (Phi) is 7.11. The fourth-order valence-corrected chi connectivity index (χ4v) is 2.52. The van der Waals surface area contributed by atoms with Gasteiger partial charge in [0, 0.05) is 17.8 Å². The third kappa shape index (κ3) is 7.21. The van der Waals surface area contributed by atoms with Crippen LogP contribution in [0.25, 0.3) is 0 Å². The maximum Gasteiger partial charge on any atom is 0.258 e. The van der Waals surface area contributed by atoms with Gasteiger partial charge < -0.3 is 20.1 Å². The van der Waals surface area contributed by atoms with Crippen molar-refractivity contribution in [2.24, 2.45) is 0 Å². The molecule has 0 aliphatic rings. The quantitative estimate of drug-likeness (QED) is 0.727. The fourth-order valence-electron chi connectivity index (χ4n) is 2.52. The van der Waals surface area contributed by atoms with Gasteiger partial charge in [0.25, 0.3) is 5.91 Å². The molecule has 2 rings (SSSR count). The molecule has 0 heterocycles. The van der Waals surface area contributed by atoms with Crippen LogP contribution in [0.3, 0.4) is 0 Å². The summed E-state index contributed by atoms with van der Waals surface area (Å²) in [6.45, 7) is 11.0. The van der Waals surface area contributed by atoms with Crippen LogP contribution in [0.4, 0.5) is 5.69 Å². The van der Waals surface area contributed by atoms with Crippen molar-refractivity contribution in [3.8, 4) is 11.5 Å². The third-order valence-corrected chi connectivity index (χ3v) is 3.73. The normalized spacial score (nSPS) is 11.0. The van der Waals surface area contributed by atoms with Gasteiger partial charge in [0.15, 0.2) is 18.1 Å². The summed E-state index contributed by atoms with van der Waals surface area (Å²) in [6, 6.07) is 14.0. The van der Waals surface area contributed by atoms with Gasteiger partial charge in [-0.1, -0.05) is 23.8 Å². The molecule has 0 aliphatic heterocycles. The Morgan fingerprint density at radius 1 is 1.00 bits per heavy atom. The number of aryl methyl sites for hydroxylation is 1. The number of hydrogen-bond donors (Lipinski definition) is 2. The molecule has 0 aliphatic carbocycles. The van der Waals surface area contributed by atoms with Crippen molar-refractivity contribution >= 4 is 11.6 Å². The Bertz CT molecular complexity index is 749. The van der Waals surface area contributed by atoms with E-state index in [2.05, 4.69) is 41.8 Å². The van der Waals surface area contributed by atoms with Crippen molar-refractivity contribution < 1.29 is 14.3 Å². The monoisotopic (exact) mass is 370 g/mol. The van der Waals surface area contributed by atoms with Crippen LogP contribution in [-0.4, -0.2) is 24.7 Å². The molecule has 5 heteroatoms. The van der Waals surface area contributed by atoms with Crippen LogP contribution in [0.2, 0.25) is 0 Å². The highest BCUT2D eigenvalue weighted by Gasteiger charge is 2.15. The number of amides is 1. The Balaban J connectivity index is 2.00. The molecule has 2 N–H and O–H groups in total. The van der Waals surface area contributed by atoms with Crippen LogP contribution in [0.5, 0.6) is 11.5 Å². The summed E-state index contributed by atoms with van der Waals surface area (Å²) in [6.07, 6.45) is 0. The lowest BCUT2D eigenvalue weighted by Gasteiger charge is -2.21. The summed E-state index contributed by atoms with van der Waals surface area (Å²) in [5.74, 6) is 1.05. The summed E-state index contributed by atoms with van der Waals surface area (Å²) in [7, 11) is 0. The van der Waals surface area contributed by atoms with E-state index in [1.165, 1.54) is 5.56 Å². The summed E-state index contributed by atoms with van der Waals surface area (Å²) < 4.78 is 11.4. The second-order valence-corrected chi connectivity index (χ2v) is 7.52. The van der Waals surface area contributed by atoms with Gasteiger partial charge in [0.1, 0.15) is 0 Å². The Morgan fingerprint density at radius 3 is 2.33 bits per heavy atom. The molecule has 0 unspecified atom stereocenters. The molecule has 0 spiro atoms. The third-order valence-electron chi connectivity index (χ3n) is 3.73. The zero-order chi connectivity index (χ0) is 19.9. The number of carbonyl (C=O) groups is 1. The van der Waals surface area contributed by atoms with E-state index in [1.54, 1.807) is 0 Å². The van der Waals surface area contributed by atoms with Crippen molar-refractivity contribution in [1.82, 2.24) is 5.32 Å². The highest BCUT2D eigenvalue weighted by atomic mass is 16.5. The first-order chi connectivity index (χ1) is 12.8. The molecule has 27 heavy (non-hydrogen) atoms. The van der Waals surface area contributed by atoms with E-state index >= 15 is 0 Å². The number of ether oxygens (including phenoxy) is 2. The first kappa shape index (κ1) is 20.6. The van der Waals surface area contributed by atoms with Crippen molar-refractivity contribution in [2.45, 2.75) is 46.7 Å². The van der Waals surface area contributed by atoms with E-state index in [-0.39, 0.29) is 18.1 Å². The maximum absolute atomic E-state index is 12.0. The standard InChI is InChI=1S/C22H30N2O3/c1-6-26-20-13-17(14-23-18-10-7-16(2)8-11-18)9-12-19(20)27-15-21(25)24-22(3,4)5/h7-13,23H,6,14-15H2,1-5H3,(H,24,25). The molecule has 0 saturated heterocycles. The average molecular weight is 370 g/mol. The lowest BCUT2D eigenvalue weighted by Crippen LogP contribution is -2.43. The molecule has 0 radical (unpaired) electrons. The maximum atomic E-state index is 12.0. The van der Waals surface area contributed by atoms with Gasteiger partial charge in [-0.25, -0.2) is 0 Å². The lowest BCUT2D eigenvalue weighted by molar-refractivity contribution is -0.124. The van der Waals surface area contributed by atoms with Gasteiger partial charge in [-0.15, -0.1) is 0 Å². The Labute approximate surface area is 162 Å². The second-order valence-electron chi connectivity index (χ2n) is 7.52. The summed E-state index contributed by atoms with van der Waals surface area (Å²) in [5.41, 5.74) is 3.09. The zero-order valence-electron chi connectivity index (χ0n) is 16.9. The molecule has 0 aromatic heterocycles. The Hall–Kier alpha value is -2.69. The number of rotatable bonds is 8. The Morgan fingerprint density at radius 2 is 1.70 bits per heavy atom. The van der Waals surface area contributed by atoms with E-state index in [0.717, 1.165) is 11.3 Å². The summed E-state index contributed by atoms with van der Waals surface area (Å²) in [4.78, 5) is 12.0. The predicted octanol–water partition coefficient (Wildman–Crippen LogP) is 4.30. The molecule has 5 nitrogen and oxygen atoms in total. The van der Waals surface area contributed by atoms with Crippen molar-refractivity contribution in [2.75, 3.05) is 18.5 Å². The summed E-state index contributed by atoms with van der Waals surface area (Å²) in [5, 5.41) is 6.27. The van der Waals surface area contributed by atoms with Crippen molar-refractivity contribution in [3.63, 3.8) is 0 Å². The first-order valence-electron chi connectivity index (χ1n) is 9.27. The van der Waals surface area contributed by atoms with Crippen LogP contribution < -0.4 is 20.1 Å². The van der Waals surface area contributed by atoms with Gasteiger partial charge in [0.2, 0.25) is 0 Å². The molecule has 2 aromatic carbocycles. The first-order valence-corrected chi connectivity index (χ1v) is 9.27. The minimum atomic E-state index is -0.283. The second kappa shape index (κ2) is 9.31. The van der Waals surface area contributed by atoms with Gasteiger partial charge in [-0.3, -0.25) is 4.79 Å². The van der Waals surface area contributed by atoms with Crippen molar-refractivity contribution in [3.05, 3.63) is 53.6 Å². The van der Waals surface area contributed by atoms with Crippen LogP contribution in [0.1, 0.15) is 38.8 Å². The topological polar surface area (TPSA) is 59.6 Å². The number of benzene rings is 2. The summed E-state index contributed by atoms with van der Waals surface area (Å²) >= 11 is 0. The smallest absolute Gasteiger partial charge is 0.258 e. The van der Waals surface area contributed by atoms with Crippen LogP contribution in [0, 0.1) is 6.92 Å². The minimum Gasteiger partial charge on any atom is -0.490 e. The lowest BCUT2D eigenvalue weighted by atomic mass is 10.1. The molecule has 146 valence electrons.